The first-order valence-corrected chi connectivity index (χ1v) is 8.89. The largest absolute Gasteiger partial charge is 0.379 e. The SMILES string of the molecule is CC1(F)CN(Cc2cccc(S(=O)(=O)N3CCOCC3)c2)C1. The van der Waals surface area contributed by atoms with Crippen LogP contribution >= 0.6 is 0 Å². The zero-order valence-electron chi connectivity index (χ0n) is 12.7. The lowest BCUT2D eigenvalue weighted by Crippen LogP contribution is -2.56. The number of halogens is 1. The van der Waals surface area contributed by atoms with Gasteiger partial charge in [0.2, 0.25) is 10.0 Å². The highest BCUT2D eigenvalue weighted by atomic mass is 32.2. The minimum atomic E-state index is -3.47. The summed E-state index contributed by atoms with van der Waals surface area (Å²) in [6.45, 7) is 4.59. The molecule has 2 saturated heterocycles. The Labute approximate surface area is 130 Å². The molecule has 0 saturated carbocycles. The Balaban J connectivity index is 1.73. The number of hydrogen-bond acceptors (Lipinski definition) is 4. The lowest BCUT2D eigenvalue weighted by Gasteiger charge is -2.42. The van der Waals surface area contributed by atoms with Gasteiger partial charge in [0.15, 0.2) is 0 Å². The predicted octanol–water partition coefficient (Wildman–Crippen LogP) is 1.25. The topological polar surface area (TPSA) is 49.9 Å². The van der Waals surface area contributed by atoms with Crippen molar-refractivity contribution in [3.63, 3.8) is 0 Å². The molecule has 1 aromatic carbocycles. The molecule has 2 aliphatic rings. The van der Waals surface area contributed by atoms with E-state index < -0.39 is 15.7 Å². The summed E-state index contributed by atoms with van der Waals surface area (Å²) in [6.07, 6.45) is 0. The highest BCUT2D eigenvalue weighted by Crippen LogP contribution is 2.27. The molecule has 0 N–H and O–H groups in total. The van der Waals surface area contributed by atoms with E-state index in [1.807, 2.05) is 11.0 Å². The van der Waals surface area contributed by atoms with Gasteiger partial charge in [-0.1, -0.05) is 12.1 Å². The van der Waals surface area contributed by atoms with Crippen LogP contribution < -0.4 is 0 Å². The summed E-state index contributed by atoms with van der Waals surface area (Å²) < 4.78 is 45.4. The molecule has 2 fully saturated rings. The molecule has 22 heavy (non-hydrogen) atoms. The van der Waals surface area contributed by atoms with Crippen LogP contribution in [0.15, 0.2) is 29.2 Å². The van der Waals surface area contributed by atoms with Crippen LogP contribution in [0, 0.1) is 0 Å². The van der Waals surface area contributed by atoms with Crippen molar-refractivity contribution in [2.75, 3.05) is 39.4 Å². The van der Waals surface area contributed by atoms with Gasteiger partial charge in [0.05, 0.1) is 18.1 Å². The van der Waals surface area contributed by atoms with E-state index in [-0.39, 0.29) is 0 Å². The maximum atomic E-state index is 13.5. The van der Waals surface area contributed by atoms with E-state index in [9.17, 15) is 12.8 Å². The van der Waals surface area contributed by atoms with Crippen molar-refractivity contribution < 1.29 is 17.5 Å². The number of ether oxygens (including phenoxy) is 1. The maximum absolute atomic E-state index is 13.5. The third kappa shape index (κ3) is 3.32. The standard InChI is InChI=1S/C15H21FN2O3S/c1-15(16)11-17(12-15)10-13-3-2-4-14(9-13)22(19,20)18-5-7-21-8-6-18/h2-4,9H,5-8,10-12H2,1H3. The molecule has 5 nitrogen and oxygen atoms in total. The maximum Gasteiger partial charge on any atom is 0.243 e. The predicted molar refractivity (Wildman–Crippen MR) is 80.8 cm³/mol. The quantitative estimate of drug-likeness (QED) is 0.835. The summed E-state index contributed by atoms with van der Waals surface area (Å²) >= 11 is 0. The molecule has 7 heteroatoms. The van der Waals surface area contributed by atoms with Gasteiger partial charge in [0, 0.05) is 32.7 Å². The Kier molecular flexibility index (Phi) is 4.24. The molecule has 0 spiro atoms. The van der Waals surface area contributed by atoms with Crippen molar-refractivity contribution in [3.8, 4) is 0 Å². The zero-order chi connectivity index (χ0) is 15.8. The van der Waals surface area contributed by atoms with Crippen LogP contribution in [0.2, 0.25) is 0 Å². The van der Waals surface area contributed by atoms with Crippen LogP contribution in [0.5, 0.6) is 0 Å². The van der Waals surface area contributed by atoms with Gasteiger partial charge in [-0.15, -0.1) is 0 Å². The smallest absolute Gasteiger partial charge is 0.243 e. The van der Waals surface area contributed by atoms with Crippen LogP contribution in [0.4, 0.5) is 4.39 Å². The molecule has 0 atom stereocenters. The number of hydrogen-bond donors (Lipinski definition) is 0. The summed E-state index contributed by atoms with van der Waals surface area (Å²) in [6, 6.07) is 6.94. The normalized spacial score (nSPS) is 23.2. The zero-order valence-corrected chi connectivity index (χ0v) is 13.5. The average Bonchev–Trinajstić information content (AvgIpc) is 2.46. The van der Waals surface area contributed by atoms with E-state index in [1.165, 1.54) is 4.31 Å². The molecular weight excluding hydrogens is 307 g/mol. The van der Waals surface area contributed by atoms with Crippen molar-refractivity contribution >= 4 is 10.0 Å². The minimum absolute atomic E-state index is 0.301. The second-order valence-electron chi connectivity index (χ2n) is 6.22. The minimum Gasteiger partial charge on any atom is -0.379 e. The Morgan fingerprint density at radius 2 is 1.95 bits per heavy atom. The number of rotatable bonds is 4. The molecule has 0 unspecified atom stereocenters. The number of sulfonamides is 1. The van der Waals surface area contributed by atoms with Gasteiger partial charge < -0.3 is 4.74 Å². The molecule has 0 radical (unpaired) electrons. The molecule has 0 aromatic heterocycles. The molecule has 2 heterocycles. The first kappa shape index (κ1) is 15.9. The average molecular weight is 328 g/mol. The van der Waals surface area contributed by atoms with Gasteiger partial charge in [0.1, 0.15) is 5.67 Å². The Morgan fingerprint density at radius 3 is 2.59 bits per heavy atom. The second-order valence-corrected chi connectivity index (χ2v) is 8.16. The van der Waals surface area contributed by atoms with Crippen LogP contribution in [0.3, 0.4) is 0 Å². The Bertz CT molecular complexity index is 634. The second kappa shape index (κ2) is 5.88. The van der Waals surface area contributed by atoms with E-state index in [4.69, 9.17) is 4.74 Å². The van der Waals surface area contributed by atoms with Gasteiger partial charge in [-0.2, -0.15) is 4.31 Å². The van der Waals surface area contributed by atoms with Gasteiger partial charge >= 0.3 is 0 Å². The summed E-state index contributed by atoms with van der Waals surface area (Å²) in [4.78, 5) is 2.27. The summed E-state index contributed by atoms with van der Waals surface area (Å²) in [5, 5.41) is 0. The lowest BCUT2D eigenvalue weighted by atomic mass is 9.98. The molecule has 0 aliphatic carbocycles. The highest BCUT2D eigenvalue weighted by molar-refractivity contribution is 7.89. The summed E-state index contributed by atoms with van der Waals surface area (Å²) in [5.74, 6) is 0. The third-order valence-corrected chi connectivity index (χ3v) is 5.91. The Hall–Kier alpha value is -1.02. The molecular formula is C15H21FN2O3S. The fourth-order valence-corrected chi connectivity index (χ4v) is 4.48. The van der Waals surface area contributed by atoms with Crippen molar-refractivity contribution in [1.82, 2.24) is 9.21 Å². The van der Waals surface area contributed by atoms with Gasteiger partial charge in [-0.05, 0) is 24.6 Å². The van der Waals surface area contributed by atoms with Crippen LogP contribution in [-0.2, 0) is 21.3 Å². The van der Waals surface area contributed by atoms with Crippen molar-refractivity contribution in [1.29, 1.82) is 0 Å². The van der Waals surface area contributed by atoms with Crippen LogP contribution in [0.25, 0.3) is 0 Å². The van der Waals surface area contributed by atoms with E-state index in [1.54, 1.807) is 25.1 Å². The fourth-order valence-electron chi connectivity index (χ4n) is 3.00. The van der Waals surface area contributed by atoms with E-state index in [2.05, 4.69) is 0 Å². The Morgan fingerprint density at radius 1 is 1.27 bits per heavy atom. The van der Waals surface area contributed by atoms with Crippen LogP contribution in [-0.4, -0.2) is 62.7 Å². The van der Waals surface area contributed by atoms with Crippen molar-refractivity contribution in [2.24, 2.45) is 0 Å². The monoisotopic (exact) mass is 328 g/mol. The number of likely N-dealkylation sites (tertiary alicyclic amines) is 1. The molecule has 122 valence electrons. The van der Waals surface area contributed by atoms with E-state index in [0.717, 1.165) is 5.56 Å². The van der Waals surface area contributed by atoms with Crippen LogP contribution in [0.1, 0.15) is 12.5 Å². The van der Waals surface area contributed by atoms with Gasteiger partial charge in [-0.3, -0.25) is 4.90 Å². The van der Waals surface area contributed by atoms with E-state index >= 15 is 0 Å². The van der Waals surface area contributed by atoms with Crippen molar-refractivity contribution in [2.45, 2.75) is 24.0 Å². The van der Waals surface area contributed by atoms with Crippen molar-refractivity contribution in [3.05, 3.63) is 29.8 Å². The first-order valence-electron chi connectivity index (χ1n) is 7.45. The third-order valence-electron chi connectivity index (χ3n) is 4.02. The lowest BCUT2D eigenvalue weighted by molar-refractivity contribution is -0.0226. The summed E-state index contributed by atoms with van der Waals surface area (Å²) in [7, 11) is -3.47. The number of morpholine rings is 1. The number of alkyl halides is 1. The molecule has 0 amide bonds. The molecule has 1 aromatic rings. The number of benzene rings is 1. The molecule has 3 rings (SSSR count). The number of nitrogens with zero attached hydrogens (tertiary/aromatic N) is 2. The fraction of sp³-hybridized carbons (Fsp3) is 0.600. The first-order chi connectivity index (χ1) is 10.4. The summed E-state index contributed by atoms with van der Waals surface area (Å²) in [5.41, 5.74) is -0.220. The van der Waals surface area contributed by atoms with Gasteiger partial charge in [0.25, 0.3) is 0 Å². The van der Waals surface area contributed by atoms with E-state index in [0.29, 0.717) is 50.8 Å². The van der Waals surface area contributed by atoms with Gasteiger partial charge in [-0.25, -0.2) is 12.8 Å². The molecule has 0 bridgehead atoms. The molecule has 2 aliphatic heterocycles. The highest BCUT2D eigenvalue weighted by Gasteiger charge is 2.38.